The molecule has 5 nitrogen and oxygen atoms in total. The molecule has 1 aliphatic rings. The number of nitrogens with one attached hydrogen (secondary N) is 1. The fourth-order valence-electron chi connectivity index (χ4n) is 4.53. The molecule has 6 heteroatoms. The molecule has 0 radical (unpaired) electrons. The van der Waals surface area contributed by atoms with Gasteiger partial charge < -0.3 is 9.88 Å². The summed E-state index contributed by atoms with van der Waals surface area (Å²) in [7, 11) is 0. The molecule has 1 amide bonds. The fraction of sp³-hybridized carbons (Fsp3) is 0.542. The zero-order valence-electron chi connectivity index (χ0n) is 18.1. The Kier molecular flexibility index (Phi) is 6.82. The number of hydrogen-bond donors (Lipinski definition) is 1. The normalized spacial score (nSPS) is 15.2. The number of aryl methyl sites for hydroxylation is 2. The van der Waals surface area contributed by atoms with Gasteiger partial charge in [-0.05, 0) is 58.1 Å². The van der Waals surface area contributed by atoms with Crippen molar-refractivity contribution in [1.82, 2.24) is 19.9 Å². The number of nitrogens with zero attached hydrogens (tertiary/aromatic N) is 3. The van der Waals surface area contributed by atoms with Gasteiger partial charge in [-0.3, -0.25) is 4.79 Å². The van der Waals surface area contributed by atoms with Crippen LogP contribution in [0.25, 0.3) is 11.0 Å². The topological polar surface area (TPSA) is 61.9 Å². The van der Waals surface area contributed by atoms with Crippen molar-refractivity contribution < 1.29 is 4.79 Å². The number of carbonyl (C=O) groups excluding carboxylic acids is 1. The van der Waals surface area contributed by atoms with Crippen molar-refractivity contribution in [1.29, 1.82) is 0 Å². The largest absolute Gasteiger partial charge is 0.342 e. The van der Waals surface area contributed by atoms with Crippen molar-refractivity contribution in [3.8, 4) is 0 Å². The molecular weight excluding hydrogens is 392 g/mol. The maximum atomic E-state index is 13.2. The minimum atomic E-state index is 0.113. The standard InChI is InChI=1S/C24H32N4OS/c1-17(2)28(18-10-4-3-5-11-18)24(29)21-16-30-23(27-21)15-9-8-14-22-25-19-12-6-7-13-20(19)26-22/h6-7,12-13,16-18H,3-5,8-11,14-15H2,1-2H3,(H,25,26). The van der Waals surface area contributed by atoms with Gasteiger partial charge in [0, 0.05) is 23.9 Å². The summed E-state index contributed by atoms with van der Waals surface area (Å²) in [5.41, 5.74) is 2.76. The number of H-pyrrole nitrogens is 1. The van der Waals surface area contributed by atoms with Crippen LogP contribution in [0.15, 0.2) is 29.6 Å². The second-order valence-corrected chi connectivity index (χ2v) is 9.57. The van der Waals surface area contributed by atoms with Gasteiger partial charge in [0.25, 0.3) is 5.91 Å². The van der Waals surface area contributed by atoms with Gasteiger partial charge in [-0.15, -0.1) is 11.3 Å². The molecule has 1 fully saturated rings. The summed E-state index contributed by atoms with van der Waals surface area (Å²) < 4.78 is 0. The molecule has 4 rings (SSSR count). The Morgan fingerprint density at radius 2 is 1.90 bits per heavy atom. The van der Waals surface area contributed by atoms with Crippen LogP contribution in [0.5, 0.6) is 0 Å². The molecule has 1 aliphatic carbocycles. The van der Waals surface area contributed by atoms with E-state index in [1.807, 2.05) is 23.6 Å². The Balaban J connectivity index is 1.30. The predicted octanol–water partition coefficient (Wildman–Crippen LogP) is 5.77. The van der Waals surface area contributed by atoms with Crippen molar-refractivity contribution in [2.75, 3.05) is 0 Å². The molecule has 160 valence electrons. The van der Waals surface area contributed by atoms with Gasteiger partial charge in [0.1, 0.15) is 11.5 Å². The Labute approximate surface area is 182 Å². The summed E-state index contributed by atoms with van der Waals surface area (Å²) in [6, 6.07) is 8.74. The highest BCUT2D eigenvalue weighted by atomic mass is 32.1. The average molecular weight is 425 g/mol. The van der Waals surface area contributed by atoms with E-state index in [1.54, 1.807) is 11.3 Å². The Hall–Kier alpha value is -2.21. The SMILES string of the molecule is CC(C)N(C(=O)c1csc(CCCCc2nc3ccccc3[nH]2)n1)C1CCCCC1. The molecule has 3 aromatic rings. The van der Waals surface area contributed by atoms with E-state index in [0.29, 0.717) is 11.7 Å². The van der Waals surface area contributed by atoms with Gasteiger partial charge in [0.2, 0.25) is 0 Å². The number of imidazole rings is 1. The quantitative estimate of drug-likeness (QED) is 0.467. The van der Waals surface area contributed by atoms with E-state index in [0.717, 1.165) is 60.4 Å². The van der Waals surface area contributed by atoms with Crippen LogP contribution in [-0.2, 0) is 12.8 Å². The van der Waals surface area contributed by atoms with Crippen molar-refractivity contribution >= 4 is 28.3 Å². The molecule has 30 heavy (non-hydrogen) atoms. The van der Waals surface area contributed by atoms with Crippen LogP contribution in [0.3, 0.4) is 0 Å². The molecule has 0 unspecified atom stereocenters. The number of rotatable bonds is 8. The van der Waals surface area contributed by atoms with E-state index < -0.39 is 0 Å². The third-order valence-corrected chi connectivity index (χ3v) is 6.93. The van der Waals surface area contributed by atoms with Gasteiger partial charge >= 0.3 is 0 Å². The summed E-state index contributed by atoms with van der Waals surface area (Å²) in [5.74, 6) is 1.16. The number of para-hydroxylation sites is 2. The first-order valence-corrected chi connectivity index (χ1v) is 12.2. The maximum Gasteiger partial charge on any atom is 0.273 e. The van der Waals surface area contributed by atoms with Crippen molar-refractivity contribution in [2.24, 2.45) is 0 Å². The number of fused-ring (bicyclic) bond motifs is 1. The first-order chi connectivity index (χ1) is 14.6. The van der Waals surface area contributed by atoms with Crippen molar-refractivity contribution in [2.45, 2.75) is 83.7 Å². The van der Waals surface area contributed by atoms with E-state index in [4.69, 9.17) is 4.98 Å². The summed E-state index contributed by atoms with van der Waals surface area (Å²) in [6.07, 6.45) is 9.98. The van der Waals surface area contributed by atoms with Gasteiger partial charge in [-0.25, -0.2) is 9.97 Å². The zero-order valence-corrected chi connectivity index (χ0v) is 18.9. The first-order valence-electron chi connectivity index (χ1n) is 11.3. The molecule has 0 atom stereocenters. The highest BCUT2D eigenvalue weighted by molar-refractivity contribution is 7.09. The first kappa shape index (κ1) is 21.0. The Morgan fingerprint density at radius 3 is 2.67 bits per heavy atom. The Bertz CT molecular complexity index is 937. The average Bonchev–Trinajstić information content (AvgIpc) is 3.38. The van der Waals surface area contributed by atoms with E-state index in [2.05, 4.69) is 34.8 Å². The van der Waals surface area contributed by atoms with Crippen LogP contribution in [0.4, 0.5) is 0 Å². The molecule has 0 aliphatic heterocycles. The van der Waals surface area contributed by atoms with Crippen LogP contribution >= 0.6 is 11.3 Å². The smallest absolute Gasteiger partial charge is 0.273 e. The molecule has 0 spiro atoms. The highest BCUT2D eigenvalue weighted by Gasteiger charge is 2.29. The number of aromatic amines is 1. The second-order valence-electron chi connectivity index (χ2n) is 8.63. The van der Waals surface area contributed by atoms with Crippen molar-refractivity contribution in [3.63, 3.8) is 0 Å². The molecule has 1 saturated carbocycles. The van der Waals surface area contributed by atoms with Crippen LogP contribution in [0, 0.1) is 0 Å². The monoisotopic (exact) mass is 424 g/mol. The number of thiazole rings is 1. The molecule has 2 aromatic heterocycles. The number of hydrogen-bond acceptors (Lipinski definition) is 4. The van der Waals surface area contributed by atoms with Gasteiger partial charge in [-0.1, -0.05) is 31.4 Å². The van der Waals surface area contributed by atoms with Crippen molar-refractivity contribution in [3.05, 3.63) is 46.2 Å². The van der Waals surface area contributed by atoms with E-state index in [9.17, 15) is 4.79 Å². The van der Waals surface area contributed by atoms with Crippen LogP contribution in [0.1, 0.15) is 80.1 Å². The van der Waals surface area contributed by atoms with E-state index in [1.165, 1.54) is 19.3 Å². The molecule has 2 heterocycles. The zero-order chi connectivity index (χ0) is 20.9. The van der Waals surface area contributed by atoms with Crippen LogP contribution < -0.4 is 0 Å². The number of unbranched alkanes of at least 4 members (excludes halogenated alkanes) is 1. The number of carbonyl (C=O) groups is 1. The molecule has 1 aromatic carbocycles. The minimum Gasteiger partial charge on any atom is -0.342 e. The Morgan fingerprint density at radius 1 is 1.13 bits per heavy atom. The van der Waals surface area contributed by atoms with Gasteiger partial charge in [0.05, 0.1) is 16.0 Å². The lowest BCUT2D eigenvalue weighted by Gasteiger charge is -2.37. The number of amides is 1. The molecular formula is C24H32N4OS. The third kappa shape index (κ3) is 4.91. The van der Waals surface area contributed by atoms with E-state index >= 15 is 0 Å². The van der Waals surface area contributed by atoms with Crippen LogP contribution in [0.2, 0.25) is 0 Å². The number of aromatic nitrogens is 3. The predicted molar refractivity (Wildman–Crippen MR) is 123 cm³/mol. The van der Waals surface area contributed by atoms with Gasteiger partial charge in [-0.2, -0.15) is 0 Å². The summed E-state index contributed by atoms with van der Waals surface area (Å²) in [4.78, 5) is 28.0. The number of benzene rings is 1. The molecule has 0 saturated heterocycles. The second kappa shape index (κ2) is 9.73. The fourth-order valence-corrected chi connectivity index (χ4v) is 5.34. The minimum absolute atomic E-state index is 0.113. The lowest BCUT2D eigenvalue weighted by Crippen LogP contribution is -2.45. The summed E-state index contributed by atoms with van der Waals surface area (Å²) in [6.45, 7) is 4.25. The lowest BCUT2D eigenvalue weighted by atomic mass is 9.93. The summed E-state index contributed by atoms with van der Waals surface area (Å²) in [5, 5.41) is 3.02. The molecule has 0 bridgehead atoms. The van der Waals surface area contributed by atoms with Crippen LogP contribution in [-0.4, -0.2) is 37.8 Å². The highest BCUT2D eigenvalue weighted by Crippen LogP contribution is 2.26. The van der Waals surface area contributed by atoms with E-state index in [-0.39, 0.29) is 11.9 Å². The lowest BCUT2D eigenvalue weighted by molar-refractivity contribution is 0.0550. The van der Waals surface area contributed by atoms with Gasteiger partial charge in [0.15, 0.2) is 0 Å². The summed E-state index contributed by atoms with van der Waals surface area (Å²) >= 11 is 1.62. The molecule has 1 N–H and O–H groups in total. The third-order valence-electron chi connectivity index (χ3n) is 6.02. The maximum absolute atomic E-state index is 13.2.